The highest BCUT2D eigenvalue weighted by Crippen LogP contribution is 2.45. The van der Waals surface area contributed by atoms with Crippen molar-refractivity contribution in [3.63, 3.8) is 0 Å². The van der Waals surface area contributed by atoms with Crippen LogP contribution in [0.25, 0.3) is 0 Å². The van der Waals surface area contributed by atoms with E-state index >= 15 is 0 Å². The first-order chi connectivity index (χ1) is 8.49. The normalized spacial score (nSPS) is 21.6. The van der Waals surface area contributed by atoms with Crippen LogP contribution in [0.2, 0.25) is 0 Å². The number of likely N-dealkylation sites (tertiary alicyclic amines) is 1. The Hall–Kier alpha value is -1.55. The zero-order chi connectivity index (χ0) is 12.9. The minimum absolute atomic E-state index is 0.00691. The second-order valence-corrected chi connectivity index (χ2v) is 5.56. The molecule has 1 aliphatic carbocycles. The van der Waals surface area contributed by atoms with Crippen LogP contribution in [0.5, 0.6) is 5.75 Å². The van der Waals surface area contributed by atoms with E-state index in [0.29, 0.717) is 24.6 Å². The van der Waals surface area contributed by atoms with Crippen molar-refractivity contribution in [3.8, 4) is 5.75 Å². The lowest BCUT2D eigenvalue weighted by molar-refractivity contribution is -0.0958. The number of amides is 1. The number of aryl methyl sites for hydroxylation is 1. The van der Waals surface area contributed by atoms with E-state index in [4.69, 9.17) is 0 Å². The van der Waals surface area contributed by atoms with Gasteiger partial charge in [-0.1, -0.05) is 11.6 Å². The molecule has 0 radical (unpaired) electrons. The fourth-order valence-corrected chi connectivity index (χ4v) is 2.63. The van der Waals surface area contributed by atoms with Crippen molar-refractivity contribution < 1.29 is 15.0 Å². The zero-order valence-electron chi connectivity index (χ0n) is 10.4. The molecule has 2 aliphatic rings. The molecular formula is C14H17NO3. The number of β-amino-alcohol motifs (C(OH)–C–C–N with tert-alkyl or cyclic N) is 1. The monoisotopic (exact) mass is 247 g/mol. The van der Waals surface area contributed by atoms with Crippen LogP contribution in [0.1, 0.15) is 28.8 Å². The van der Waals surface area contributed by atoms with Crippen LogP contribution in [0.4, 0.5) is 0 Å². The highest BCUT2D eigenvalue weighted by Gasteiger charge is 2.53. The van der Waals surface area contributed by atoms with Crippen LogP contribution in [0.15, 0.2) is 18.2 Å². The van der Waals surface area contributed by atoms with E-state index in [1.165, 1.54) is 6.07 Å². The van der Waals surface area contributed by atoms with Gasteiger partial charge in [0.05, 0.1) is 18.7 Å². The van der Waals surface area contributed by atoms with Gasteiger partial charge in [-0.15, -0.1) is 0 Å². The van der Waals surface area contributed by atoms with Gasteiger partial charge < -0.3 is 15.1 Å². The third-order valence-electron chi connectivity index (χ3n) is 3.94. The first-order valence-electron chi connectivity index (χ1n) is 6.31. The molecule has 1 heterocycles. The van der Waals surface area contributed by atoms with Crippen molar-refractivity contribution in [3.05, 3.63) is 29.3 Å². The first-order valence-corrected chi connectivity index (χ1v) is 6.31. The molecule has 0 aromatic heterocycles. The van der Waals surface area contributed by atoms with Crippen LogP contribution in [0.3, 0.4) is 0 Å². The van der Waals surface area contributed by atoms with E-state index in [1.54, 1.807) is 17.0 Å². The average molecular weight is 247 g/mol. The van der Waals surface area contributed by atoms with Crippen molar-refractivity contribution in [2.45, 2.75) is 25.4 Å². The Morgan fingerprint density at radius 3 is 2.67 bits per heavy atom. The summed E-state index contributed by atoms with van der Waals surface area (Å²) in [6.45, 7) is 2.67. The number of phenolic OH excluding ortho intramolecular Hbond substituents is 1. The van der Waals surface area contributed by atoms with Crippen LogP contribution in [0, 0.1) is 12.8 Å². The quantitative estimate of drug-likeness (QED) is 0.828. The van der Waals surface area contributed by atoms with Gasteiger partial charge in [-0.05, 0) is 37.8 Å². The van der Waals surface area contributed by atoms with E-state index in [-0.39, 0.29) is 11.7 Å². The van der Waals surface area contributed by atoms with E-state index in [0.717, 1.165) is 18.4 Å². The molecule has 2 N–H and O–H groups in total. The van der Waals surface area contributed by atoms with Crippen molar-refractivity contribution in [2.24, 2.45) is 5.92 Å². The van der Waals surface area contributed by atoms with E-state index in [2.05, 4.69) is 0 Å². The molecule has 1 aliphatic heterocycles. The number of nitrogens with zero attached hydrogens (tertiary/aromatic N) is 1. The topological polar surface area (TPSA) is 60.8 Å². The number of carbonyl (C=O) groups is 1. The maximum atomic E-state index is 12.2. The molecule has 0 spiro atoms. The molecule has 1 aromatic carbocycles. The van der Waals surface area contributed by atoms with Crippen LogP contribution < -0.4 is 0 Å². The molecule has 0 atom stereocenters. The number of rotatable bonds is 2. The van der Waals surface area contributed by atoms with Crippen molar-refractivity contribution >= 4 is 5.91 Å². The molecule has 2 fully saturated rings. The Kier molecular flexibility index (Phi) is 2.38. The number of hydrogen-bond donors (Lipinski definition) is 2. The summed E-state index contributed by atoms with van der Waals surface area (Å²) in [6, 6.07) is 4.99. The van der Waals surface area contributed by atoms with Crippen molar-refractivity contribution in [1.82, 2.24) is 4.90 Å². The molecule has 1 amide bonds. The summed E-state index contributed by atoms with van der Waals surface area (Å²) in [6.07, 6.45) is 2.13. The highest BCUT2D eigenvalue weighted by molar-refractivity contribution is 5.97. The minimum Gasteiger partial charge on any atom is -0.507 e. The predicted molar refractivity (Wildman–Crippen MR) is 66.4 cm³/mol. The van der Waals surface area contributed by atoms with Gasteiger partial charge in [0.15, 0.2) is 0 Å². The van der Waals surface area contributed by atoms with Gasteiger partial charge in [0, 0.05) is 0 Å². The molecule has 0 bridgehead atoms. The molecule has 1 aromatic rings. The number of hydrogen-bond acceptors (Lipinski definition) is 3. The van der Waals surface area contributed by atoms with Gasteiger partial charge in [-0.2, -0.15) is 0 Å². The van der Waals surface area contributed by atoms with Gasteiger partial charge in [0.25, 0.3) is 5.91 Å². The SMILES string of the molecule is Cc1ccc(O)c(C(=O)N2CC(O)(C3CC3)C2)c1. The Balaban J connectivity index is 1.74. The molecule has 4 heteroatoms. The van der Waals surface area contributed by atoms with E-state index in [9.17, 15) is 15.0 Å². The van der Waals surface area contributed by atoms with E-state index in [1.807, 2.05) is 6.92 Å². The Morgan fingerprint density at radius 1 is 1.39 bits per heavy atom. The summed E-state index contributed by atoms with van der Waals surface area (Å²) >= 11 is 0. The Labute approximate surface area is 106 Å². The van der Waals surface area contributed by atoms with Crippen LogP contribution >= 0.6 is 0 Å². The summed E-state index contributed by atoms with van der Waals surface area (Å²) < 4.78 is 0. The van der Waals surface area contributed by atoms with Gasteiger partial charge in [0.1, 0.15) is 11.4 Å². The lowest BCUT2D eigenvalue weighted by Crippen LogP contribution is -2.64. The molecule has 1 saturated carbocycles. The summed E-state index contributed by atoms with van der Waals surface area (Å²) in [5.74, 6) is 0.182. The molecular weight excluding hydrogens is 230 g/mol. The smallest absolute Gasteiger partial charge is 0.257 e. The fourth-order valence-electron chi connectivity index (χ4n) is 2.63. The Bertz CT molecular complexity index is 502. The number of phenols is 1. The van der Waals surface area contributed by atoms with Crippen LogP contribution in [-0.4, -0.2) is 39.7 Å². The number of aliphatic hydroxyl groups is 1. The second kappa shape index (κ2) is 3.72. The number of benzene rings is 1. The fraction of sp³-hybridized carbons (Fsp3) is 0.500. The lowest BCUT2D eigenvalue weighted by Gasteiger charge is -2.47. The molecule has 4 nitrogen and oxygen atoms in total. The average Bonchev–Trinajstić information content (AvgIpc) is 3.11. The molecule has 0 unspecified atom stereocenters. The third kappa shape index (κ3) is 1.77. The van der Waals surface area contributed by atoms with Crippen molar-refractivity contribution in [1.29, 1.82) is 0 Å². The van der Waals surface area contributed by atoms with E-state index < -0.39 is 5.60 Å². The second-order valence-electron chi connectivity index (χ2n) is 5.56. The number of carbonyl (C=O) groups excluding carboxylic acids is 1. The number of aromatic hydroxyl groups is 1. The van der Waals surface area contributed by atoms with Crippen molar-refractivity contribution in [2.75, 3.05) is 13.1 Å². The van der Waals surface area contributed by atoms with Crippen LogP contribution in [-0.2, 0) is 0 Å². The minimum atomic E-state index is -0.672. The predicted octanol–water partition coefficient (Wildman–Crippen LogP) is 1.30. The molecule has 18 heavy (non-hydrogen) atoms. The standard InChI is InChI=1S/C14H17NO3/c1-9-2-5-12(16)11(6-9)13(17)15-7-14(18,8-15)10-3-4-10/h2,5-6,10,16,18H,3-4,7-8H2,1H3. The summed E-state index contributed by atoms with van der Waals surface area (Å²) in [7, 11) is 0. The van der Waals surface area contributed by atoms with Gasteiger partial charge in [-0.25, -0.2) is 0 Å². The lowest BCUT2D eigenvalue weighted by atomic mass is 9.88. The maximum Gasteiger partial charge on any atom is 0.257 e. The van der Waals surface area contributed by atoms with Gasteiger partial charge in [-0.3, -0.25) is 4.79 Å². The molecule has 1 saturated heterocycles. The third-order valence-corrected chi connectivity index (χ3v) is 3.94. The summed E-state index contributed by atoms with van der Waals surface area (Å²) in [5.41, 5.74) is 0.594. The maximum absolute atomic E-state index is 12.2. The highest BCUT2D eigenvalue weighted by atomic mass is 16.3. The largest absolute Gasteiger partial charge is 0.507 e. The molecule has 96 valence electrons. The zero-order valence-corrected chi connectivity index (χ0v) is 10.4. The first kappa shape index (κ1) is 11.5. The summed E-state index contributed by atoms with van der Waals surface area (Å²) in [5, 5.41) is 19.9. The molecule has 3 rings (SSSR count). The van der Waals surface area contributed by atoms with Gasteiger partial charge in [0.2, 0.25) is 0 Å². The van der Waals surface area contributed by atoms with Gasteiger partial charge >= 0.3 is 0 Å². The summed E-state index contributed by atoms with van der Waals surface area (Å²) in [4.78, 5) is 13.8. The Morgan fingerprint density at radius 2 is 2.06 bits per heavy atom.